The maximum absolute atomic E-state index is 11.9. The molecule has 2 rings (SSSR count). The van der Waals surface area contributed by atoms with Gasteiger partial charge in [0, 0.05) is 57.0 Å². The average molecular weight is 516 g/mol. The first-order valence-corrected chi connectivity index (χ1v) is 10.1. The van der Waals surface area contributed by atoms with Crippen LogP contribution < -0.4 is 20.9 Å². The van der Waals surface area contributed by atoms with Gasteiger partial charge in [-0.1, -0.05) is 18.2 Å². The van der Waals surface area contributed by atoms with Gasteiger partial charge in [-0.3, -0.25) is 14.7 Å². The quantitative estimate of drug-likeness (QED) is 0.306. The summed E-state index contributed by atoms with van der Waals surface area (Å²) in [5, 5.41) is 9.35. The summed E-state index contributed by atoms with van der Waals surface area (Å²) < 4.78 is 0. The van der Waals surface area contributed by atoms with Crippen molar-refractivity contribution in [1.29, 1.82) is 0 Å². The minimum Gasteiger partial charge on any atom is -0.369 e. The number of hydrogen-bond donors (Lipinski definition) is 3. The number of hydrogen-bond acceptors (Lipinski definition) is 4. The Balaban J connectivity index is 0.00000420. The topological polar surface area (TPSA) is 72.0 Å². The Bertz CT molecular complexity index is 638. The van der Waals surface area contributed by atoms with Crippen LogP contribution in [-0.4, -0.2) is 74.7 Å². The maximum atomic E-state index is 11.9. The van der Waals surface area contributed by atoms with Crippen molar-refractivity contribution in [2.24, 2.45) is 4.99 Å². The molecule has 3 N–H and O–H groups in total. The first-order valence-electron chi connectivity index (χ1n) is 10.1. The van der Waals surface area contributed by atoms with Gasteiger partial charge in [0.25, 0.3) is 0 Å². The zero-order valence-corrected chi connectivity index (χ0v) is 20.7. The molecule has 164 valence electrons. The van der Waals surface area contributed by atoms with Gasteiger partial charge in [-0.15, -0.1) is 24.0 Å². The third-order valence-corrected chi connectivity index (χ3v) is 4.78. The monoisotopic (exact) mass is 516 g/mol. The van der Waals surface area contributed by atoms with Crippen molar-refractivity contribution in [3.63, 3.8) is 0 Å². The number of nitrogens with zero attached hydrogens (tertiary/aromatic N) is 3. The number of anilines is 1. The normalized spacial score (nSPS) is 16.6. The van der Waals surface area contributed by atoms with Crippen LogP contribution in [0, 0.1) is 0 Å². The highest BCUT2D eigenvalue weighted by atomic mass is 127. The summed E-state index contributed by atoms with van der Waals surface area (Å²) in [5.74, 6) is 0.611. The summed E-state index contributed by atoms with van der Waals surface area (Å²) >= 11 is 0. The van der Waals surface area contributed by atoms with Crippen molar-refractivity contribution in [2.45, 2.75) is 39.3 Å². The van der Waals surface area contributed by atoms with Crippen LogP contribution in [0.2, 0.25) is 0 Å². The molecule has 1 aliphatic rings. The molecular formula is C21H37IN6O. The lowest BCUT2D eigenvalue weighted by molar-refractivity contribution is -0.121. The predicted octanol–water partition coefficient (Wildman–Crippen LogP) is 1.89. The second kappa shape index (κ2) is 12.2. The van der Waals surface area contributed by atoms with Crippen LogP contribution >= 0.6 is 24.0 Å². The second-order valence-corrected chi connectivity index (χ2v) is 8.31. The van der Waals surface area contributed by atoms with E-state index in [0.717, 1.165) is 32.7 Å². The molecule has 0 aromatic heterocycles. The standard InChI is InChI=1S/C21H36N6O.HI/c1-17(15-23-20(22-5)24-16-19(28)25-21(2,3)4)26-11-13-27(14-12-26)18-9-7-6-8-10-18;/h6-10,17H,11-16H2,1-5H3,(H,25,28)(H2,22,23,24);1H. The number of halogens is 1. The largest absolute Gasteiger partial charge is 0.369 e. The molecule has 0 aliphatic carbocycles. The number of carbonyl (C=O) groups is 1. The number of para-hydroxylation sites is 1. The Morgan fingerprint density at radius 1 is 1.10 bits per heavy atom. The highest BCUT2D eigenvalue weighted by Gasteiger charge is 2.21. The highest BCUT2D eigenvalue weighted by Crippen LogP contribution is 2.16. The number of guanidine groups is 1. The molecular weight excluding hydrogens is 479 g/mol. The Kier molecular flexibility index (Phi) is 10.7. The van der Waals surface area contributed by atoms with E-state index in [0.29, 0.717) is 12.0 Å². The van der Waals surface area contributed by atoms with Crippen LogP contribution in [0.1, 0.15) is 27.7 Å². The first-order chi connectivity index (χ1) is 13.3. The molecule has 0 radical (unpaired) electrons. The molecule has 1 aromatic rings. The van der Waals surface area contributed by atoms with E-state index in [9.17, 15) is 4.79 Å². The second-order valence-electron chi connectivity index (χ2n) is 8.31. The lowest BCUT2D eigenvalue weighted by Gasteiger charge is -2.39. The first kappa shape index (κ1) is 25.5. The van der Waals surface area contributed by atoms with E-state index in [2.05, 4.69) is 68.0 Å². The SMILES string of the molecule is CN=C(NCC(=O)NC(C)(C)C)NCC(C)N1CCN(c2ccccc2)CC1.I. The Labute approximate surface area is 192 Å². The van der Waals surface area contributed by atoms with Crippen LogP contribution in [0.4, 0.5) is 5.69 Å². The number of benzene rings is 1. The van der Waals surface area contributed by atoms with E-state index < -0.39 is 0 Å². The number of aliphatic imine (C=N–C) groups is 1. The van der Waals surface area contributed by atoms with Gasteiger partial charge in [-0.2, -0.15) is 0 Å². The van der Waals surface area contributed by atoms with Crippen molar-refractivity contribution in [2.75, 3.05) is 51.2 Å². The molecule has 1 heterocycles. The lowest BCUT2D eigenvalue weighted by atomic mass is 10.1. The van der Waals surface area contributed by atoms with Crippen molar-refractivity contribution in [1.82, 2.24) is 20.9 Å². The number of rotatable bonds is 6. The highest BCUT2D eigenvalue weighted by molar-refractivity contribution is 14.0. The van der Waals surface area contributed by atoms with Gasteiger partial charge in [-0.25, -0.2) is 0 Å². The molecule has 1 atom stereocenters. The minimum atomic E-state index is -0.230. The lowest BCUT2D eigenvalue weighted by Crippen LogP contribution is -2.54. The van der Waals surface area contributed by atoms with Gasteiger partial charge < -0.3 is 20.9 Å². The molecule has 7 nitrogen and oxygen atoms in total. The fourth-order valence-corrected chi connectivity index (χ4v) is 3.28. The zero-order chi connectivity index (χ0) is 20.6. The summed E-state index contributed by atoms with van der Waals surface area (Å²) in [6, 6.07) is 11.0. The molecule has 1 fully saturated rings. The molecule has 0 bridgehead atoms. The summed E-state index contributed by atoms with van der Waals surface area (Å²) in [5.41, 5.74) is 1.07. The predicted molar refractivity (Wildman–Crippen MR) is 132 cm³/mol. The number of carbonyl (C=O) groups excluding carboxylic acids is 1. The van der Waals surface area contributed by atoms with Gasteiger partial charge in [0.1, 0.15) is 0 Å². The Hall–Kier alpha value is -1.55. The van der Waals surface area contributed by atoms with Crippen molar-refractivity contribution >= 4 is 41.5 Å². The molecule has 1 unspecified atom stereocenters. The van der Waals surface area contributed by atoms with Gasteiger partial charge in [0.15, 0.2) is 5.96 Å². The third-order valence-electron chi connectivity index (χ3n) is 4.78. The van der Waals surface area contributed by atoms with E-state index in [1.807, 2.05) is 20.8 Å². The van der Waals surface area contributed by atoms with Crippen LogP contribution in [0.3, 0.4) is 0 Å². The molecule has 0 spiro atoms. The van der Waals surface area contributed by atoms with Gasteiger partial charge in [0.05, 0.1) is 6.54 Å². The van der Waals surface area contributed by atoms with Crippen molar-refractivity contribution < 1.29 is 4.79 Å². The Morgan fingerprint density at radius 2 is 1.72 bits per heavy atom. The van der Waals surface area contributed by atoms with E-state index >= 15 is 0 Å². The summed E-state index contributed by atoms with van der Waals surface area (Å²) in [7, 11) is 1.72. The number of nitrogens with one attached hydrogen (secondary N) is 3. The van der Waals surface area contributed by atoms with Crippen molar-refractivity contribution in [3.05, 3.63) is 30.3 Å². The van der Waals surface area contributed by atoms with Crippen LogP contribution in [0.15, 0.2) is 35.3 Å². The molecule has 1 saturated heterocycles. The van der Waals surface area contributed by atoms with Crippen LogP contribution in [0.25, 0.3) is 0 Å². The van der Waals surface area contributed by atoms with E-state index in [-0.39, 0.29) is 42.0 Å². The van der Waals surface area contributed by atoms with Gasteiger partial charge in [-0.05, 0) is 39.8 Å². The maximum Gasteiger partial charge on any atom is 0.239 e. The third kappa shape index (κ3) is 9.20. The summed E-state index contributed by atoms with van der Waals surface area (Å²) in [6.45, 7) is 13.3. The molecule has 1 aliphatic heterocycles. The molecule has 1 aromatic carbocycles. The van der Waals surface area contributed by atoms with Crippen molar-refractivity contribution in [3.8, 4) is 0 Å². The van der Waals surface area contributed by atoms with Crippen LogP contribution in [0.5, 0.6) is 0 Å². The fourth-order valence-electron chi connectivity index (χ4n) is 3.28. The zero-order valence-electron chi connectivity index (χ0n) is 18.4. The molecule has 8 heteroatoms. The fraction of sp³-hybridized carbons (Fsp3) is 0.619. The van der Waals surface area contributed by atoms with E-state index in [4.69, 9.17) is 0 Å². The van der Waals surface area contributed by atoms with E-state index in [1.165, 1.54) is 5.69 Å². The summed E-state index contributed by atoms with van der Waals surface area (Å²) in [6.07, 6.45) is 0. The van der Waals surface area contributed by atoms with Gasteiger partial charge >= 0.3 is 0 Å². The summed E-state index contributed by atoms with van der Waals surface area (Å²) in [4.78, 5) is 21.1. The number of amides is 1. The Morgan fingerprint density at radius 3 is 2.28 bits per heavy atom. The molecule has 0 saturated carbocycles. The molecule has 29 heavy (non-hydrogen) atoms. The average Bonchev–Trinajstić information content (AvgIpc) is 2.67. The van der Waals surface area contributed by atoms with Crippen LogP contribution in [-0.2, 0) is 4.79 Å². The minimum absolute atomic E-state index is 0. The van der Waals surface area contributed by atoms with E-state index in [1.54, 1.807) is 7.05 Å². The van der Waals surface area contributed by atoms with Gasteiger partial charge in [0.2, 0.25) is 5.91 Å². The number of piperazine rings is 1. The smallest absolute Gasteiger partial charge is 0.239 e. The molecule has 1 amide bonds.